The fourth-order valence-corrected chi connectivity index (χ4v) is 2.81. The van der Waals surface area contributed by atoms with Crippen LogP contribution in [0.2, 0.25) is 0 Å². The topological polar surface area (TPSA) is 50.5 Å². The molecule has 1 atom stereocenters. The minimum absolute atomic E-state index is 0.0432. The summed E-state index contributed by atoms with van der Waals surface area (Å²) in [6.45, 7) is 4.73. The van der Waals surface area contributed by atoms with Crippen LogP contribution in [0.5, 0.6) is 0 Å². The molecule has 1 N–H and O–H groups in total. The second-order valence-corrected chi connectivity index (χ2v) is 5.75. The molecule has 1 saturated heterocycles. The van der Waals surface area contributed by atoms with Gasteiger partial charge >= 0.3 is 6.18 Å². The van der Waals surface area contributed by atoms with E-state index in [1.165, 1.54) is 6.07 Å². The lowest BCUT2D eigenvalue weighted by atomic mass is 10.1. The number of nitrogens with zero attached hydrogens (tertiary/aromatic N) is 3. The third-order valence-electron chi connectivity index (χ3n) is 4.21. The minimum atomic E-state index is -4.54. The maximum Gasteiger partial charge on any atom is 0.417 e. The predicted octanol–water partition coefficient (Wildman–Crippen LogP) is 2.47. The number of aliphatic hydroxyl groups excluding tert-OH is 1. The molecule has 1 heterocycles. The fraction of sp³-hybridized carbons (Fsp3) is 0.562. The smallest absolute Gasteiger partial charge is 0.395 e. The normalized spacial score (nSPS) is 18.3. The van der Waals surface area contributed by atoms with Gasteiger partial charge in [-0.2, -0.15) is 18.4 Å². The van der Waals surface area contributed by atoms with Gasteiger partial charge in [-0.05, 0) is 31.5 Å². The molecule has 0 radical (unpaired) electrons. The Labute approximate surface area is 133 Å². The van der Waals surface area contributed by atoms with Crippen molar-refractivity contribution in [2.24, 2.45) is 0 Å². The number of rotatable bonds is 3. The molecule has 23 heavy (non-hydrogen) atoms. The first-order chi connectivity index (χ1) is 10.9. The van der Waals surface area contributed by atoms with Crippen LogP contribution in [-0.2, 0) is 6.18 Å². The van der Waals surface area contributed by atoms with Crippen LogP contribution < -0.4 is 4.90 Å². The Hall–Kier alpha value is -1.78. The van der Waals surface area contributed by atoms with Gasteiger partial charge in [-0.1, -0.05) is 0 Å². The summed E-state index contributed by atoms with van der Waals surface area (Å²) in [5, 5.41) is 18.1. The van der Waals surface area contributed by atoms with Gasteiger partial charge in [0.1, 0.15) is 0 Å². The van der Waals surface area contributed by atoms with Crippen LogP contribution in [0.15, 0.2) is 18.2 Å². The molecule has 1 aliphatic heterocycles. The number of alkyl halides is 3. The van der Waals surface area contributed by atoms with E-state index in [9.17, 15) is 18.3 Å². The van der Waals surface area contributed by atoms with Gasteiger partial charge in [-0.3, -0.25) is 4.90 Å². The lowest BCUT2D eigenvalue weighted by molar-refractivity contribution is -0.137. The Morgan fingerprint density at radius 3 is 2.61 bits per heavy atom. The third kappa shape index (κ3) is 4.15. The van der Waals surface area contributed by atoms with Gasteiger partial charge in [-0.25, -0.2) is 0 Å². The van der Waals surface area contributed by atoms with E-state index in [0.29, 0.717) is 25.3 Å². The second kappa shape index (κ2) is 7.20. The molecule has 0 aliphatic carbocycles. The van der Waals surface area contributed by atoms with Crippen LogP contribution in [0, 0.1) is 11.3 Å². The summed E-state index contributed by atoms with van der Waals surface area (Å²) >= 11 is 0. The van der Waals surface area contributed by atoms with Gasteiger partial charge in [-0.15, -0.1) is 0 Å². The largest absolute Gasteiger partial charge is 0.417 e. The standard InChI is InChI=1S/C16H20F3N3O/c1-12(11-23)21-5-2-6-22(8-7-21)14-4-3-13(10-20)15(9-14)16(17,18)19/h3-4,9,12,23H,2,5-8,11H2,1H3/t12-/m1/s1. The quantitative estimate of drug-likeness (QED) is 0.927. The maximum absolute atomic E-state index is 13.1. The van der Waals surface area contributed by atoms with Crippen molar-refractivity contribution in [2.45, 2.75) is 25.6 Å². The number of hydrogen-bond acceptors (Lipinski definition) is 4. The molecule has 1 aromatic rings. The predicted molar refractivity (Wildman–Crippen MR) is 81.1 cm³/mol. The lowest BCUT2D eigenvalue weighted by Gasteiger charge is -2.27. The first-order valence-corrected chi connectivity index (χ1v) is 7.58. The first kappa shape index (κ1) is 17.6. The first-order valence-electron chi connectivity index (χ1n) is 7.58. The van der Waals surface area contributed by atoms with E-state index < -0.39 is 11.7 Å². The summed E-state index contributed by atoms with van der Waals surface area (Å²) < 4.78 is 39.2. The van der Waals surface area contributed by atoms with Crippen molar-refractivity contribution in [1.82, 2.24) is 4.90 Å². The summed E-state index contributed by atoms with van der Waals surface area (Å²) in [4.78, 5) is 4.04. The van der Waals surface area contributed by atoms with Gasteiger partial charge in [0.05, 0.1) is 23.8 Å². The number of aliphatic hydroxyl groups is 1. The Bertz CT molecular complexity index is 583. The summed E-state index contributed by atoms with van der Waals surface area (Å²) in [7, 11) is 0. The van der Waals surface area contributed by atoms with Crippen LogP contribution in [0.3, 0.4) is 0 Å². The molecule has 0 bridgehead atoms. The highest BCUT2D eigenvalue weighted by Crippen LogP contribution is 2.34. The number of halogens is 3. The van der Waals surface area contributed by atoms with E-state index in [1.54, 1.807) is 12.1 Å². The molecular formula is C16H20F3N3O. The van der Waals surface area contributed by atoms with E-state index in [4.69, 9.17) is 5.26 Å². The monoisotopic (exact) mass is 327 g/mol. The zero-order valence-corrected chi connectivity index (χ0v) is 13.0. The van der Waals surface area contributed by atoms with Crippen molar-refractivity contribution in [2.75, 3.05) is 37.7 Å². The van der Waals surface area contributed by atoms with Gasteiger partial charge in [0.15, 0.2) is 0 Å². The SMILES string of the molecule is C[C@H](CO)N1CCCN(c2ccc(C#N)c(C(F)(F)F)c2)CC1. The molecule has 0 amide bonds. The van der Waals surface area contributed by atoms with Crippen LogP contribution in [0.25, 0.3) is 0 Å². The number of anilines is 1. The molecular weight excluding hydrogens is 307 g/mol. The number of nitriles is 1. The molecule has 2 rings (SSSR count). The van der Waals surface area contributed by atoms with Crippen molar-refractivity contribution in [3.05, 3.63) is 29.3 Å². The average molecular weight is 327 g/mol. The number of hydrogen-bond donors (Lipinski definition) is 1. The molecule has 1 fully saturated rings. The Kier molecular flexibility index (Phi) is 5.50. The third-order valence-corrected chi connectivity index (χ3v) is 4.21. The van der Waals surface area contributed by atoms with Crippen molar-refractivity contribution in [1.29, 1.82) is 5.26 Å². The van der Waals surface area contributed by atoms with Gasteiger partial charge in [0, 0.05) is 37.9 Å². The summed E-state index contributed by atoms with van der Waals surface area (Å²) in [6.07, 6.45) is -3.73. The highest BCUT2D eigenvalue weighted by Gasteiger charge is 2.34. The minimum Gasteiger partial charge on any atom is -0.395 e. The van der Waals surface area contributed by atoms with Gasteiger partial charge in [0.25, 0.3) is 0 Å². The molecule has 1 aliphatic rings. The Morgan fingerprint density at radius 2 is 2.00 bits per heavy atom. The van der Waals surface area contributed by atoms with Crippen molar-refractivity contribution >= 4 is 5.69 Å². The van der Waals surface area contributed by atoms with Crippen LogP contribution in [0.1, 0.15) is 24.5 Å². The molecule has 0 saturated carbocycles. The molecule has 0 spiro atoms. The van der Waals surface area contributed by atoms with E-state index in [1.807, 2.05) is 11.8 Å². The lowest BCUT2D eigenvalue weighted by Crippen LogP contribution is -2.38. The van der Waals surface area contributed by atoms with Gasteiger partial charge < -0.3 is 10.0 Å². The zero-order valence-electron chi connectivity index (χ0n) is 13.0. The van der Waals surface area contributed by atoms with Crippen LogP contribution in [-0.4, -0.2) is 48.8 Å². The van der Waals surface area contributed by atoms with Crippen molar-refractivity contribution in [3.63, 3.8) is 0 Å². The van der Waals surface area contributed by atoms with Crippen molar-refractivity contribution < 1.29 is 18.3 Å². The molecule has 0 aromatic heterocycles. The fourth-order valence-electron chi connectivity index (χ4n) is 2.81. The molecule has 0 unspecified atom stereocenters. The molecule has 7 heteroatoms. The zero-order chi connectivity index (χ0) is 17.0. The molecule has 4 nitrogen and oxygen atoms in total. The van der Waals surface area contributed by atoms with E-state index in [2.05, 4.69) is 4.90 Å². The number of benzene rings is 1. The van der Waals surface area contributed by atoms with Crippen molar-refractivity contribution in [3.8, 4) is 6.07 Å². The van der Waals surface area contributed by atoms with E-state index >= 15 is 0 Å². The van der Waals surface area contributed by atoms with Crippen LogP contribution in [0.4, 0.5) is 18.9 Å². The molecule has 1 aromatic carbocycles. The molecule has 126 valence electrons. The van der Waals surface area contributed by atoms with E-state index in [-0.39, 0.29) is 18.2 Å². The summed E-state index contributed by atoms with van der Waals surface area (Å²) in [5.41, 5.74) is -0.760. The van der Waals surface area contributed by atoms with Crippen LogP contribution >= 0.6 is 0 Å². The Balaban J connectivity index is 2.21. The summed E-state index contributed by atoms with van der Waals surface area (Å²) in [6, 6.07) is 5.50. The highest BCUT2D eigenvalue weighted by molar-refractivity contribution is 5.55. The second-order valence-electron chi connectivity index (χ2n) is 5.75. The highest BCUT2D eigenvalue weighted by atomic mass is 19.4. The maximum atomic E-state index is 13.1. The Morgan fingerprint density at radius 1 is 1.26 bits per heavy atom. The van der Waals surface area contributed by atoms with E-state index in [0.717, 1.165) is 19.0 Å². The average Bonchev–Trinajstić information content (AvgIpc) is 2.78. The van der Waals surface area contributed by atoms with Gasteiger partial charge in [0.2, 0.25) is 0 Å². The summed E-state index contributed by atoms with van der Waals surface area (Å²) in [5.74, 6) is 0.